The van der Waals surface area contributed by atoms with E-state index in [1.807, 2.05) is 4.68 Å². The second-order valence-electron chi connectivity index (χ2n) is 4.65. The maximum Gasteiger partial charge on any atom is 0.151 e. The molecule has 0 bridgehead atoms. The third kappa shape index (κ3) is 3.46. The van der Waals surface area contributed by atoms with E-state index in [0.29, 0.717) is 11.0 Å². The molecular weight excluding hydrogens is 234 g/mol. The summed E-state index contributed by atoms with van der Waals surface area (Å²) in [7, 11) is 0. The van der Waals surface area contributed by atoms with E-state index < -0.39 is 0 Å². The van der Waals surface area contributed by atoms with Crippen molar-refractivity contribution in [3.8, 4) is 0 Å². The van der Waals surface area contributed by atoms with Gasteiger partial charge < -0.3 is 5.73 Å². The zero-order valence-electron chi connectivity index (χ0n) is 10.0. The molecule has 0 aromatic carbocycles. The van der Waals surface area contributed by atoms with Gasteiger partial charge in [-0.1, -0.05) is 31.5 Å². The molecule has 1 aromatic rings. The van der Waals surface area contributed by atoms with E-state index in [0.717, 1.165) is 25.1 Å². The first-order valence-electron chi connectivity index (χ1n) is 6.32. The maximum absolute atomic E-state index is 5.49. The zero-order chi connectivity index (χ0) is 12.1. The van der Waals surface area contributed by atoms with Crippen LogP contribution in [-0.2, 0) is 6.42 Å². The minimum atomic E-state index is 0.499. The number of hydrogen-bond acceptors (Lipinski definition) is 4. The van der Waals surface area contributed by atoms with Crippen LogP contribution in [0.25, 0.3) is 0 Å². The molecule has 0 unspecified atom stereocenters. The molecule has 1 fully saturated rings. The quantitative estimate of drug-likeness (QED) is 0.810. The third-order valence-electron chi connectivity index (χ3n) is 3.31. The zero-order valence-corrected chi connectivity index (χ0v) is 10.8. The van der Waals surface area contributed by atoms with Gasteiger partial charge in [0.1, 0.15) is 0 Å². The standard InChI is InChI=1S/C11H19N5S/c12-10(17)7-4-8-11-13-14-15-16(11)9-5-2-1-3-6-9/h9H,1-8H2,(H2,12,17). The number of aryl methyl sites for hydroxylation is 1. The summed E-state index contributed by atoms with van der Waals surface area (Å²) < 4.78 is 2.01. The van der Waals surface area contributed by atoms with E-state index in [1.54, 1.807) is 0 Å². The lowest BCUT2D eigenvalue weighted by molar-refractivity contribution is 0.316. The van der Waals surface area contributed by atoms with Crippen LogP contribution in [0.15, 0.2) is 0 Å². The number of nitrogens with zero attached hydrogens (tertiary/aromatic N) is 4. The number of rotatable bonds is 5. The van der Waals surface area contributed by atoms with Crippen molar-refractivity contribution in [3.63, 3.8) is 0 Å². The molecule has 6 heteroatoms. The van der Waals surface area contributed by atoms with Crippen LogP contribution in [0, 0.1) is 0 Å². The minimum absolute atomic E-state index is 0.499. The molecule has 0 amide bonds. The normalized spacial score (nSPS) is 17.2. The molecule has 2 N–H and O–H groups in total. The van der Waals surface area contributed by atoms with E-state index in [9.17, 15) is 0 Å². The fraction of sp³-hybridized carbons (Fsp3) is 0.818. The van der Waals surface area contributed by atoms with Crippen LogP contribution in [0.5, 0.6) is 0 Å². The minimum Gasteiger partial charge on any atom is -0.393 e. The van der Waals surface area contributed by atoms with Gasteiger partial charge in [-0.2, -0.15) is 0 Å². The van der Waals surface area contributed by atoms with Gasteiger partial charge in [0.2, 0.25) is 0 Å². The molecule has 2 rings (SSSR count). The van der Waals surface area contributed by atoms with E-state index in [1.165, 1.54) is 32.1 Å². The molecule has 5 nitrogen and oxygen atoms in total. The Morgan fingerprint density at radius 3 is 2.82 bits per heavy atom. The molecule has 17 heavy (non-hydrogen) atoms. The third-order valence-corrected chi connectivity index (χ3v) is 3.51. The van der Waals surface area contributed by atoms with Gasteiger partial charge in [0.05, 0.1) is 11.0 Å². The summed E-state index contributed by atoms with van der Waals surface area (Å²) in [6.45, 7) is 0. The summed E-state index contributed by atoms with van der Waals surface area (Å²) in [5, 5.41) is 12.0. The van der Waals surface area contributed by atoms with Gasteiger partial charge in [-0.05, 0) is 36.1 Å². The van der Waals surface area contributed by atoms with Crippen molar-refractivity contribution < 1.29 is 0 Å². The number of nitrogens with two attached hydrogens (primary N) is 1. The average molecular weight is 253 g/mol. The lowest BCUT2D eigenvalue weighted by Gasteiger charge is -2.22. The molecular formula is C11H19N5S. The second-order valence-corrected chi connectivity index (χ2v) is 5.18. The highest BCUT2D eigenvalue weighted by Gasteiger charge is 2.19. The van der Waals surface area contributed by atoms with Crippen LogP contribution in [0.1, 0.15) is 56.8 Å². The fourth-order valence-electron chi connectivity index (χ4n) is 2.41. The summed E-state index contributed by atoms with van der Waals surface area (Å²) in [5.74, 6) is 0.980. The Hall–Kier alpha value is -1.04. The van der Waals surface area contributed by atoms with Crippen molar-refractivity contribution >= 4 is 17.2 Å². The van der Waals surface area contributed by atoms with E-state index in [4.69, 9.17) is 18.0 Å². The maximum atomic E-state index is 5.49. The Morgan fingerprint density at radius 1 is 1.35 bits per heavy atom. The number of tetrazole rings is 1. The molecule has 1 saturated carbocycles. The lowest BCUT2D eigenvalue weighted by atomic mass is 9.95. The van der Waals surface area contributed by atoms with Crippen LogP contribution >= 0.6 is 12.2 Å². The predicted molar refractivity (Wildman–Crippen MR) is 69.7 cm³/mol. The first-order chi connectivity index (χ1) is 8.27. The molecule has 0 atom stereocenters. The fourth-order valence-corrected chi connectivity index (χ4v) is 2.55. The van der Waals surface area contributed by atoms with E-state index in [-0.39, 0.29) is 0 Å². The van der Waals surface area contributed by atoms with Gasteiger partial charge in [-0.3, -0.25) is 0 Å². The molecule has 1 aromatic heterocycles. The summed E-state index contributed by atoms with van der Waals surface area (Å²) in [4.78, 5) is 0.571. The van der Waals surface area contributed by atoms with Gasteiger partial charge in [0.15, 0.2) is 5.82 Å². The number of thiocarbonyl (C=S) groups is 1. The summed E-state index contributed by atoms with van der Waals surface area (Å²) >= 11 is 4.87. The summed E-state index contributed by atoms with van der Waals surface area (Å²) in [6, 6.07) is 0.499. The van der Waals surface area contributed by atoms with Gasteiger partial charge >= 0.3 is 0 Å². The predicted octanol–water partition coefficient (Wildman–Crippen LogP) is 1.79. The monoisotopic (exact) mass is 253 g/mol. The first kappa shape index (κ1) is 12.4. The SMILES string of the molecule is NC(=S)CCCc1nnnn1C1CCCCC1. The van der Waals surface area contributed by atoms with Crippen LogP contribution in [-0.4, -0.2) is 25.2 Å². The van der Waals surface area contributed by atoms with Gasteiger partial charge in [0, 0.05) is 6.42 Å². The number of aromatic nitrogens is 4. The second kappa shape index (κ2) is 6.05. The van der Waals surface area contributed by atoms with E-state index in [2.05, 4.69) is 15.5 Å². The molecule has 1 aliphatic carbocycles. The molecule has 0 spiro atoms. The highest BCUT2D eigenvalue weighted by molar-refractivity contribution is 7.80. The topological polar surface area (TPSA) is 69.6 Å². The van der Waals surface area contributed by atoms with Crippen LogP contribution < -0.4 is 5.73 Å². The Labute approximate surface area is 107 Å². The van der Waals surface area contributed by atoms with Crippen LogP contribution in [0.4, 0.5) is 0 Å². The Bertz CT molecular complexity index is 370. The van der Waals surface area contributed by atoms with E-state index >= 15 is 0 Å². The summed E-state index contributed by atoms with van der Waals surface area (Å²) in [5.41, 5.74) is 5.49. The van der Waals surface area contributed by atoms with Crippen molar-refractivity contribution in [1.29, 1.82) is 0 Å². The molecule has 0 aliphatic heterocycles. The van der Waals surface area contributed by atoms with Crippen molar-refractivity contribution in [2.24, 2.45) is 5.73 Å². The average Bonchev–Trinajstić information content (AvgIpc) is 2.78. The highest BCUT2D eigenvalue weighted by Crippen LogP contribution is 2.27. The first-order valence-corrected chi connectivity index (χ1v) is 6.73. The highest BCUT2D eigenvalue weighted by atomic mass is 32.1. The Morgan fingerprint density at radius 2 is 2.12 bits per heavy atom. The molecule has 94 valence electrons. The summed E-state index contributed by atoms with van der Waals surface area (Å²) in [6.07, 6.45) is 8.89. The van der Waals surface area contributed by atoms with Gasteiger partial charge in [0.25, 0.3) is 0 Å². The Kier molecular flexibility index (Phi) is 4.42. The Balaban J connectivity index is 1.93. The van der Waals surface area contributed by atoms with Crippen molar-refractivity contribution in [2.45, 2.75) is 57.4 Å². The van der Waals surface area contributed by atoms with Gasteiger partial charge in [-0.25, -0.2) is 4.68 Å². The van der Waals surface area contributed by atoms with Crippen LogP contribution in [0.3, 0.4) is 0 Å². The van der Waals surface area contributed by atoms with Crippen molar-refractivity contribution in [1.82, 2.24) is 20.2 Å². The lowest BCUT2D eigenvalue weighted by Crippen LogP contribution is -2.17. The van der Waals surface area contributed by atoms with Crippen molar-refractivity contribution in [3.05, 3.63) is 5.82 Å². The molecule has 1 heterocycles. The van der Waals surface area contributed by atoms with Crippen molar-refractivity contribution in [2.75, 3.05) is 0 Å². The number of hydrogen-bond donors (Lipinski definition) is 1. The molecule has 0 radical (unpaired) electrons. The molecule has 0 saturated heterocycles. The van der Waals surface area contributed by atoms with Crippen LogP contribution in [0.2, 0.25) is 0 Å². The molecule has 1 aliphatic rings. The smallest absolute Gasteiger partial charge is 0.151 e. The van der Waals surface area contributed by atoms with Gasteiger partial charge in [-0.15, -0.1) is 5.10 Å². The largest absolute Gasteiger partial charge is 0.393 e.